The lowest BCUT2D eigenvalue weighted by molar-refractivity contribution is 0.0746. The molecule has 0 atom stereocenters. The molecule has 29 heavy (non-hydrogen) atoms. The van der Waals surface area contributed by atoms with Crippen molar-refractivity contribution in [3.8, 4) is 17.0 Å². The fourth-order valence-corrected chi connectivity index (χ4v) is 3.45. The van der Waals surface area contributed by atoms with E-state index >= 15 is 0 Å². The molecule has 1 amide bonds. The zero-order valence-electron chi connectivity index (χ0n) is 16.7. The van der Waals surface area contributed by atoms with Crippen molar-refractivity contribution in [2.75, 3.05) is 38.2 Å². The number of hydrogen-bond acceptors (Lipinski definition) is 5. The Morgan fingerprint density at radius 2 is 1.69 bits per heavy atom. The Balaban J connectivity index is 1.39. The SMILES string of the molecule is COc1cccc(-c2ccc(N3CCN(C(=O)c4ccc(C)cc4)CC3)nn2)c1. The van der Waals surface area contributed by atoms with Crippen molar-refractivity contribution in [3.63, 3.8) is 0 Å². The summed E-state index contributed by atoms with van der Waals surface area (Å²) < 4.78 is 5.27. The summed E-state index contributed by atoms with van der Waals surface area (Å²) in [5.41, 5.74) is 3.67. The highest BCUT2D eigenvalue weighted by atomic mass is 16.5. The van der Waals surface area contributed by atoms with Crippen LogP contribution in [0.25, 0.3) is 11.3 Å². The van der Waals surface area contributed by atoms with Crippen molar-refractivity contribution in [2.45, 2.75) is 6.92 Å². The van der Waals surface area contributed by atoms with E-state index in [2.05, 4.69) is 15.1 Å². The van der Waals surface area contributed by atoms with Gasteiger partial charge in [-0.3, -0.25) is 4.79 Å². The molecule has 2 heterocycles. The number of piperazine rings is 1. The minimum Gasteiger partial charge on any atom is -0.497 e. The van der Waals surface area contributed by atoms with E-state index in [0.29, 0.717) is 13.1 Å². The van der Waals surface area contributed by atoms with Crippen LogP contribution in [0.15, 0.2) is 60.7 Å². The number of ether oxygens (including phenoxy) is 1. The summed E-state index contributed by atoms with van der Waals surface area (Å²) in [6.45, 7) is 4.85. The van der Waals surface area contributed by atoms with Crippen molar-refractivity contribution in [1.82, 2.24) is 15.1 Å². The van der Waals surface area contributed by atoms with Gasteiger partial charge in [-0.25, -0.2) is 0 Å². The van der Waals surface area contributed by atoms with Gasteiger partial charge in [-0.15, -0.1) is 10.2 Å². The van der Waals surface area contributed by atoms with Gasteiger partial charge in [0.2, 0.25) is 0 Å². The van der Waals surface area contributed by atoms with Crippen LogP contribution in [-0.2, 0) is 0 Å². The number of nitrogens with zero attached hydrogens (tertiary/aromatic N) is 4. The average Bonchev–Trinajstić information content (AvgIpc) is 2.79. The second-order valence-electron chi connectivity index (χ2n) is 7.15. The Kier molecular flexibility index (Phi) is 5.42. The molecule has 2 aromatic carbocycles. The summed E-state index contributed by atoms with van der Waals surface area (Å²) in [4.78, 5) is 16.7. The second-order valence-corrected chi connectivity index (χ2v) is 7.15. The number of amides is 1. The summed E-state index contributed by atoms with van der Waals surface area (Å²) in [6, 6.07) is 19.5. The number of rotatable bonds is 4. The third-order valence-corrected chi connectivity index (χ3v) is 5.21. The van der Waals surface area contributed by atoms with E-state index < -0.39 is 0 Å². The lowest BCUT2D eigenvalue weighted by atomic mass is 10.1. The van der Waals surface area contributed by atoms with Gasteiger partial charge in [0.1, 0.15) is 5.75 Å². The molecule has 6 heteroatoms. The zero-order chi connectivity index (χ0) is 20.2. The molecule has 6 nitrogen and oxygen atoms in total. The topological polar surface area (TPSA) is 58.6 Å². The summed E-state index contributed by atoms with van der Waals surface area (Å²) in [5.74, 6) is 1.71. The van der Waals surface area contributed by atoms with Gasteiger partial charge in [0.25, 0.3) is 5.91 Å². The molecule has 1 saturated heterocycles. The molecule has 0 spiro atoms. The van der Waals surface area contributed by atoms with Crippen LogP contribution in [0.2, 0.25) is 0 Å². The molecule has 0 bridgehead atoms. The predicted molar refractivity (Wildman–Crippen MR) is 113 cm³/mol. The summed E-state index contributed by atoms with van der Waals surface area (Å²) in [5, 5.41) is 8.79. The molecule has 0 radical (unpaired) electrons. The normalized spacial score (nSPS) is 14.0. The molecule has 0 N–H and O–H groups in total. The molecule has 1 aliphatic heterocycles. The van der Waals surface area contributed by atoms with Crippen LogP contribution >= 0.6 is 0 Å². The van der Waals surface area contributed by atoms with Crippen molar-refractivity contribution in [1.29, 1.82) is 0 Å². The van der Waals surface area contributed by atoms with Crippen LogP contribution < -0.4 is 9.64 Å². The van der Waals surface area contributed by atoms with Gasteiger partial charge in [0.05, 0.1) is 12.8 Å². The Labute approximate surface area is 170 Å². The number of carbonyl (C=O) groups excluding carboxylic acids is 1. The standard InChI is InChI=1S/C23H24N4O2/c1-17-6-8-18(9-7-17)23(28)27-14-12-26(13-15-27)22-11-10-21(24-25-22)19-4-3-5-20(16-19)29-2/h3-11,16H,12-15H2,1-2H3. The first kappa shape index (κ1) is 18.9. The van der Waals surface area contributed by atoms with Crippen molar-refractivity contribution < 1.29 is 9.53 Å². The largest absolute Gasteiger partial charge is 0.497 e. The summed E-state index contributed by atoms with van der Waals surface area (Å²) in [6.07, 6.45) is 0. The lowest BCUT2D eigenvalue weighted by Gasteiger charge is -2.35. The molecular formula is C23H24N4O2. The van der Waals surface area contributed by atoms with Gasteiger partial charge in [-0.2, -0.15) is 0 Å². The monoisotopic (exact) mass is 388 g/mol. The molecule has 148 valence electrons. The van der Waals surface area contributed by atoms with Crippen molar-refractivity contribution in [3.05, 3.63) is 71.8 Å². The van der Waals surface area contributed by atoms with E-state index in [9.17, 15) is 4.79 Å². The average molecular weight is 388 g/mol. The molecule has 3 aromatic rings. The molecule has 0 saturated carbocycles. The molecule has 0 aliphatic carbocycles. The summed E-state index contributed by atoms with van der Waals surface area (Å²) >= 11 is 0. The van der Waals surface area contributed by atoms with E-state index in [1.807, 2.05) is 72.5 Å². The Morgan fingerprint density at radius 1 is 0.931 bits per heavy atom. The first-order chi connectivity index (χ1) is 14.1. The van der Waals surface area contributed by atoms with Gasteiger partial charge in [0.15, 0.2) is 5.82 Å². The Hall–Kier alpha value is -3.41. The fraction of sp³-hybridized carbons (Fsp3) is 0.261. The highest BCUT2D eigenvalue weighted by Crippen LogP contribution is 2.23. The highest BCUT2D eigenvalue weighted by Gasteiger charge is 2.23. The third-order valence-electron chi connectivity index (χ3n) is 5.21. The second kappa shape index (κ2) is 8.31. The minimum atomic E-state index is 0.0871. The molecule has 1 aromatic heterocycles. The van der Waals surface area contributed by atoms with Crippen LogP contribution in [0.3, 0.4) is 0 Å². The smallest absolute Gasteiger partial charge is 0.253 e. The van der Waals surface area contributed by atoms with Crippen molar-refractivity contribution in [2.24, 2.45) is 0 Å². The van der Waals surface area contributed by atoms with Crippen molar-refractivity contribution >= 4 is 11.7 Å². The van der Waals surface area contributed by atoms with E-state index in [1.54, 1.807) is 7.11 Å². The number of aryl methyl sites for hydroxylation is 1. The van der Waals surface area contributed by atoms with Gasteiger partial charge in [-0.05, 0) is 43.3 Å². The van der Waals surface area contributed by atoms with E-state index in [0.717, 1.165) is 47.0 Å². The number of hydrogen-bond donors (Lipinski definition) is 0. The molecular weight excluding hydrogens is 364 g/mol. The van der Waals surface area contributed by atoms with Gasteiger partial charge in [-0.1, -0.05) is 29.8 Å². The van der Waals surface area contributed by atoms with Gasteiger partial charge >= 0.3 is 0 Å². The maximum absolute atomic E-state index is 12.7. The predicted octanol–water partition coefficient (Wildman–Crippen LogP) is 3.42. The Bertz CT molecular complexity index is 979. The number of aromatic nitrogens is 2. The first-order valence-corrected chi connectivity index (χ1v) is 9.73. The van der Waals surface area contributed by atoms with Crippen LogP contribution in [-0.4, -0.2) is 54.3 Å². The minimum absolute atomic E-state index is 0.0871. The van der Waals surface area contributed by atoms with E-state index in [1.165, 1.54) is 0 Å². The number of benzene rings is 2. The van der Waals surface area contributed by atoms with Gasteiger partial charge in [0, 0.05) is 37.3 Å². The number of carbonyl (C=O) groups is 1. The maximum atomic E-state index is 12.7. The lowest BCUT2D eigenvalue weighted by Crippen LogP contribution is -2.49. The molecule has 1 aliphatic rings. The van der Waals surface area contributed by atoms with Gasteiger partial charge < -0.3 is 14.5 Å². The van der Waals surface area contributed by atoms with Crippen LogP contribution in [0.4, 0.5) is 5.82 Å². The molecule has 4 rings (SSSR count). The zero-order valence-corrected chi connectivity index (χ0v) is 16.7. The molecule has 1 fully saturated rings. The Morgan fingerprint density at radius 3 is 2.34 bits per heavy atom. The van der Waals surface area contributed by atoms with Crippen LogP contribution in [0, 0.1) is 6.92 Å². The molecule has 0 unspecified atom stereocenters. The van der Waals surface area contributed by atoms with E-state index in [-0.39, 0.29) is 5.91 Å². The number of methoxy groups -OCH3 is 1. The first-order valence-electron chi connectivity index (χ1n) is 9.73. The third kappa shape index (κ3) is 4.21. The quantitative estimate of drug-likeness (QED) is 0.685. The number of anilines is 1. The van der Waals surface area contributed by atoms with Crippen LogP contribution in [0.1, 0.15) is 15.9 Å². The summed E-state index contributed by atoms with van der Waals surface area (Å²) in [7, 11) is 1.65. The highest BCUT2D eigenvalue weighted by molar-refractivity contribution is 5.94. The van der Waals surface area contributed by atoms with E-state index in [4.69, 9.17) is 4.74 Å². The fourth-order valence-electron chi connectivity index (χ4n) is 3.45. The maximum Gasteiger partial charge on any atom is 0.253 e. The van der Waals surface area contributed by atoms with Crippen LogP contribution in [0.5, 0.6) is 5.75 Å².